The molecule has 1 unspecified atom stereocenters. The third-order valence-corrected chi connectivity index (χ3v) is 6.64. The van der Waals surface area contributed by atoms with Crippen molar-refractivity contribution in [3.63, 3.8) is 0 Å². The SMILES string of the molecule is COC(=O)C(Cc1ccc(OCc2ccccc2)cc1)NC(=O)c1ccc(OCc2ccccc2Br)cc1. The number of carbonyl (C=O) groups excluding carboxylic acids is 2. The average molecular weight is 574 g/mol. The lowest BCUT2D eigenvalue weighted by molar-refractivity contribution is -0.142. The molecule has 7 heteroatoms. The molecule has 1 atom stereocenters. The summed E-state index contributed by atoms with van der Waals surface area (Å²) < 4.78 is 17.6. The number of nitrogens with one attached hydrogen (secondary N) is 1. The minimum Gasteiger partial charge on any atom is -0.489 e. The predicted molar refractivity (Wildman–Crippen MR) is 149 cm³/mol. The van der Waals surface area contributed by atoms with Gasteiger partial charge in [0.1, 0.15) is 30.8 Å². The molecule has 1 N–H and O–H groups in total. The van der Waals surface area contributed by atoms with Crippen molar-refractivity contribution in [1.82, 2.24) is 5.32 Å². The molecule has 0 aliphatic carbocycles. The molecule has 0 aromatic heterocycles. The molecule has 194 valence electrons. The van der Waals surface area contributed by atoms with Gasteiger partial charge in [0.25, 0.3) is 5.91 Å². The number of esters is 1. The molecule has 4 aromatic rings. The fraction of sp³-hybridized carbons (Fsp3) is 0.161. The molecule has 0 spiro atoms. The van der Waals surface area contributed by atoms with Crippen LogP contribution in [0.4, 0.5) is 0 Å². The average Bonchev–Trinajstić information content (AvgIpc) is 2.96. The molecule has 38 heavy (non-hydrogen) atoms. The smallest absolute Gasteiger partial charge is 0.328 e. The highest BCUT2D eigenvalue weighted by molar-refractivity contribution is 9.10. The molecular formula is C31H28BrNO5. The van der Waals surface area contributed by atoms with Gasteiger partial charge in [0.15, 0.2) is 0 Å². The predicted octanol–water partition coefficient (Wildman–Crippen LogP) is 6.12. The largest absolute Gasteiger partial charge is 0.489 e. The second kappa shape index (κ2) is 13.4. The molecule has 0 aliphatic heterocycles. The summed E-state index contributed by atoms with van der Waals surface area (Å²) >= 11 is 3.51. The van der Waals surface area contributed by atoms with Gasteiger partial charge in [0, 0.05) is 22.0 Å². The topological polar surface area (TPSA) is 73.9 Å². The molecule has 0 fully saturated rings. The van der Waals surface area contributed by atoms with Crippen LogP contribution in [0, 0.1) is 0 Å². The van der Waals surface area contributed by atoms with Crippen LogP contribution < -0.4 is 14.8 Å². The number of hydrogen-bond donors (Lipinski definition) is 1. The quantitative estimate of drug-likeness (QED) is 0.219. The lowest BCUT2D eigenvalue weighted by Crippen LogP contribution is -2.43. The zero-order valence-corrected chi connectivity index (χ0v) is 22.5. The fourth-order valence-corrected chi connectivity index (χ4v) is 4.15. The van der Waals surface area contributed by atoms with E-state index in [9.17, 15) is 9.59 Å². The van der Waals surface area contributed by atoms with Gasteiger partial charge in [-0.2, -0.15) is 0 Å². The Bertz CT molecular complexity index is 1340. The van der Waals surface area contributed by atoms with Gasteiger partial charge >= 0.3 is 5.97 Å². The zero-order chi connectivity index (χ0) is 26.7. The minimum atomic E-state index is -0.838. The first kappa shape index (κ1) is 26.9. The number of halogens is 1. The number of benzene rings is 4. The summed E-state index contributed by atoms with van der Waals surface area (Å²) in [5.74, 6) is 0.464. The van der Waals surface area contributed by atoms with Crippen LogP contribution in [0.2, 0.25) is 0 Å². The van der Waals surface area contributed by atoms with E-state index in [4.69, 9.17) is 14.2 Å². The van der Waals surface area contributed by atoms with E-state index in [1.807, 2.05) is 78.9 Å². The van der Waals surface area contributed by atoms with Gasteiger partial charge in [-0.05, 0) is 53.6 Å². The van der Waals surface area contributed by atoms with E-state index in [0.717, 1.165) is 26.9 Å². The monoisotopic (exact) mass is 573 g/mol. The van der Waals surface area contributed by atoms with E-state index in [1.165, 1.54) is 7.11 Å². The maximum Gasteiger partial charge on any atom is 0.328 e. The molecule has 0 saturated heterocycles. The highest BCUT2D eigenvalue weighted by Gasteiger charge is 2.23. The summed E-state index contributed by atoms with van der Waals surface area (Å²) in [6.07, 6.45) is 0.282. The standard InChI is InChI=1S/C31H28BrNO5/c1-36-31(35)29(19-22-11-15-26(16-12-22)37-20-23-7-3-2-4-8-23)33-30(34)24-13-17-27(18-14-24)38-21-25-9-5-6-10-28(25)32/h2-18,29H,19-21H2,1H3,(H,33,34). The second-order valence-corrected chi connectivity index (χ2v) is 9.43. The first-order valence-corrected chi connectivity index (χ1v) is 12.9. The van der Waals surface area contributed by atoms with Crippen molar-refractivity contribution in [2.24, 2.45) is 0 Å². The van der Waals surface area contributed by atoms with Crippen LogP contribution in [0.3, 0.4) is 0 Å². The highest BCUT2D eigenvalue weighted by atomic mass is 79.9. The number of amides is 1. The maximum absolute atomic E-state index is 12.9. The van der Waals surface area contributed by atoms with E-state index >= 15 is 0 Å². The minimum absolute atomic E-state index is 0.282. The van der Waals surface area contributed by atoms with Gasteiger partial charge in [-0.15, -0.1) is 0 Å². The van der Waals surface area contributed by atoms with Gasteiger partial charge < -0.3 is 19.5 Å². The number of rotatable bonds is 11. The van der Waals surface area contributed by atoms with Crippen molar-refractivity contribution in [3.8, 4) is 11.5 Å². The Morgan fingerprint density at radius 1 is 0.737 bits per heavy atom. The van der Waals surface area contributed by atoms with E-state index in [0.29, 0.717) is 24.5 Å². The van der Waals surface area contributed by atoms with Gasteiger partial charge in [-0.1, -0.05) is 76.6 Å². The Kier molecular flexibility index (Phi) is 9.54. The van der Waals surface area contributed by atoms with Crippen LogP contribution in [-0.4, -0.2) is 25.0 Å². The van der Waals surface area contributed by atoms with Crippen molar-refractivity contribution in [3.05, 3.63) is 130 Å². The van der Waals surface area contributed by atoms with E-state index < -0.39 is 12.0 Å². The summed E-state index contributed by atoms with van der Waals surface area (Å²) in [5, 5.41) is 2.79. The zero-order valence-electron chi connectivity index (χ0n) is 20.9. The number of hydrogen-bond acceptors (Lipinski definition) is 5. The van der Waals surface area contributed by atoms with Crippen LogP contribution >= 0.6 is 15.9 Å². The number of ether oxygens (including phenoxy) is 3. The molecule has 1 amide bonds. The molecule has 0 bridgehead atoms. The van der Waals surface area contributed by atoms with Crippen molar-refractivity contribution < 1.29 is 23.8 Å². The Morgan fingerprint density at radius 3 is 2.00 bits per heavy atom. The van der Waals surface area contributed by atoms with Crippen LogP contribution in [-0.2, 0) is 29.2 Å². The summed E-state index contributed by atoms with van der Waals surface area (Å²) in [4.78, 5) is 25.3. The van der Waals surface area contributed by atoms with Gasteiger partial charge in [0.05, 0.1) is 7.11 Å². The molecule has 0 saturated carbocycles. The Labute approximate surface area is 230 Å². The van der Waals surface area contributed by atoms with Crippen LogP contribution in [0.15, 0.2) is 108 Å². The summed E-state index contributed by atoms with van der Waals surface area (Å²) in [7, 11) is 1.30. The molecule has 0 radical (unpaired) electrons. The van der Waals surface area contributed by atoms with Gasteiger partial charge in [0.2, 0.25) is 0 Å². The number of methoxy groups -OCH3 is 1. The lowest BCUT2D eigenvalue weighted by atomic mass is 10.0. The number of carbonyl (C=O) groups is 2. The van der Waals surface area contributed by atoms with Gasteiger partial charge in [-0.25, -0.2) is 4.79 Å². The van der Waals surface area contributed by atoms with E-state index in [-0.39, 0.29) is 12.3 Å². The maximum atomic E-state index is 12.9. The highest BCUT2D eigenvalue weighted by Crippen LogP contribution is 2.20. The Morgan fingerprint density at radius 2 is 1.34 bits per heavy atom. The molecule has 6 nitrogen and oxygen atoms in total. The molecule has 4 aromatic carbocycles. The van der Waals surface area contributed by atoms with Gasteiger partial charge in [-0.3, -0.25) is 4.79 Å². The molecule has 0 heterocycles. The Hall–Kier alpha value is -4.10. The van der Waals surface area contributed by atoms with Crippen LogP contribution in [0.25, 0.3) is 0 Å². The molecular weight excluding hydrogens is 546 g/mol. The summed E-state index contributed by atoms with van der Waals surface area (Å²) in [5.41, 5.74) is 3.38. The van der Waals surface area contributed by atoms with Crippen LogP contribution in [0.1, 0.15) is 27.0 Å². The van der Waals surface area contributed by atoms with E-state index in [2.05, 4.69) is 21.2 Å². The van der Waals surface area contributed by atoms with Crippen molar-refractivity contribution in [1.29, 1.82) is 0 Å². The fourth-order valence-electron chi connectivity index (χ4n) is 3.75. The third-order valence-electron chi connectivity index (χ3n) is 5.87. The van der Waals surface area contributed by atoms with E-state index in [1.54, 1.807) is 24.3 Å². The summed E-state index contributed by atoms with van der Waals surface area (Å²) in [6, 6.07) is 31.1. The first-order chi connectivity index (χ1) is 18.5. The van der Waals surface area contributed by atoms with Crippen molar-refractivity contribution in [2.75, 3.05) is 7.11 Å². The summed E-state index contributed by atoms with van der Waals surface area (Å²) in [6.45, 7) is 0.863. The Balaban J connectivity index is 1.33. The molecule has 0 aliphatic rings. The van der Waals surface area contributed by atoms with Crippen LogP contribution in [0.5, 0.6) is 11.5 Å². The second-order valence-electron chi connectivity index (χ2n) is 8.58. The first-order valence-electron chi connectivity index (χ1n) is 12.1. The lowest BCUT2D eigenvalue weighted by Gasteiger charge is -2.17. The molecule has 4 rings (SSSR count). The third kappa shape index (κ3) is 7.70. The normalized spacial score (nSPS) is 11.3. The van der Waals surface area contributed by atoms with Crippen molar-refractivity contribution in [2.45, 2.75) is 25.7 Å². The van der Waals surface area contributed by atoms with Crippen molar-refractivity contribution >= 4 is 27.8 Å².